The summed E-state index contributed by atoms with van der Waals surface area (Å²) in [5.74, 6) is 1.02. The van der Waals surface area contributed by atoms with Gasteiger partial charge >= 0.3 is 0 Å². The van der Waals surface area contributed by atoms with Gasteiger partial charge in [0.2, 0.25) is 5.88 Å². The van der Waals surface area contributed by atoms with E-state index in [2.05, 4.69) is 4.98 Å². The quantitative estimate of drug-likeness (QED) is 0.625. The van der Waals surface area contributed by atoms with E-state index < -0.39 is 0 Å². The summed E-state index contributed by atoms with van der Waals surface area (Å²) in [7, 11) is 0. The number of hydrogen-bond donors (Lipinski definition) is 0. The van der Waals surface area contributed by atoms with Crippen LogP contribution in [0.2, 0.25) is 5.15 Å². The fourth-order valence-corrected chi connectivity index (χ4v) is 2.13. The molecule has 2 rings (SSSR count). The van der Waals surface area contributed by atoms with Crippen molar-refractivity contribution in [1.29, 1.82) is 5.26 Å². The van der Waals surface area contributed by atoms with Crippen molar-refractivity contribution in [2.75, 3.05) is 6.26 Å². The number of ether oxygens (including phenoxy) is 1. The van der Waals surface area contributed by atoms with Crippen molar-refractivity contribution in [2.45, 2.75) is 4.90 Å². The number of para-hydroxylation sites is 1. The van der Waals surface area contributed by atoms with Crippen molar-refractivity contribution in [1.82, 2.24) is 4.98 Å². The number of rotatable bonds is 3. The van der Waals surface area contributed by atoms with E-state index in [-0.39, 0.29) is 5.15 Å². The van der Waals surface area contributed by atoms with Gasteiger partial charge in [-0.2, -0.15) is 5.26 Å². The minimum absolute atomic E-state index is 0.241. The standard InChI is InChI=1S/C13H9ClN2OS/c1-18-11-5-3-2-4-10(11)17-13-7-9(8-15)6-12(14)16-13/h2-7H,1H3. The average molecular weight is 277 g/mol. The van der Waals surface area contributed by atoms with Gasteiger partial charge in [-0.15, -0.1) is 11.8 Å². The molecule has 0 saturated heterocycles. The van der Waals surface area contributed by atoms with Gasteiger partial charge in [-0.25, -0.2) is 4.98 Å². The minimum Gasteiger partial charge on any atom is -0.438 e. The number of nitrogens with zero attached hydrogens (tertiary/aromatic N) is 2. The fraction of sp³-hybridized carbons (Fsp3) is 0.0769. The zero-order valence-electron chi connectivity index (χ0n) is 9.55. The van der Waals surface area contributed by atoms with Crippen molar-refractivity contribution in [3.63, 3.8) is 0 Å². The minimum atomic E-state index is 0.241. The second-order valence-electron chi connectivity index (χ2n) is 3.38. The average Bonchev–Trinajstić information content (AvgIpc) is 2.38. The molecular weight excluding hydrogens is 268 g/mol. The van der Waals surface area contributed by atoms with Gasteiger partial charge in [-0.05, 0) is 24.5 Å². The molecule has 0 aliphatic carbocycles. The number of aromatic nitrogens is 1. The maximum absolute atomic E-state index is 8.86. The van der Waals surface area contributed by atoms with Crippen LogP contribution in [-0.2, 0) is 0 Å². The number of thioether (sulfide) groups is 1. The van der Waals surface area contributed by atoms with Crippen LogP contribution in [0.1, 0.15) is 5.56 Å². The first kappa shape index (κ1) is 12.7. The number of nitriles is 1. The van der Waals surface area contributed by atoms with Crippen molar-refractivity contribution in [3.05, 3.63) is 47.1 Å². The van der Waals surface area contributed by atoms with Crippen LogP contribution in [0.15, 0.2) is 41.3 Å². The highest BCUT2D eigenvalue weighted by molar-refractivity contribution is 7.98. The summed E-state index contributed by atoms with van der Waals surface area (Å²) < 4.78 is 5.66. The number of benzene rings is 1. The van der Waals surface area contributed by atoms with Gasteiger partial charge in [0.15, 0.2) is 0 Å². The molecule has 0 fully saturated rings. The van der Waals surface area contributed by atoms with Crippen LogP contribution in [0, 0.1) is 11.3 Å². The van der Waals surface area contributed by atoms with Crippen LogP contribution in [-0.4, -0.2) is 11.2 Å². The van der Waals surface area contributed by atoms with E-state index in [1.54, 1.807) is 17.8 Å². The summed E-state index contributed by atoms with van der Waals surface area (Å²) in [5, 5.41) is 9.10. The largest absolute Gasteiger partial charge is 0.438 e. The Kier molecular flexibility index (Phi) is 4.08. The van der Waals surface area contributed by atoms with Crippen molar-refractivity contribution in [2.24, 2.45) is 0 Å². The molecule has 0 saturated carbocycles. The molecule has 0 aliphatic rings. The van der Waals surface area contributed by atoms with Crippen LogP contribution in [0.25, 0.3) is 0 Å². The Morgan fingerprint density at radius 2 is 2.11 bits per heavy atom. The highest BCUT2D eigenvalue weighted by atomic mass is 35.5. The van der Waals surface area contributed by atoms with E-state index in [1.807, 2.05) is 36.6 Å². The normalized spacial score (nSPS) is 9.83. The Morgan fingerprint density at radius 1 is 1.33 bits per heavy atom. The van der Waals surface area contributed by atoms with E-state index >= 15 is 0 Å². The van der Waals surface area contributed by atoms with Crippen molar-refractivity contribution in [3.8, 4) is 17.7 Å². The Labute approximate surface area is 114 Å². The second-order valence-corrected chi connectivity index (χ2v) is 4.62. The molecule has 1 aromatic carbocycles. The van der Waals surface area contributed by atoms with Crippen molar-refractivity contribution >= 4 is 23.4 Å². The topological polar surface area (TPSA) is 45.9 Å². The Balaban J connectivity index is 2.34. The van der Waals surface area contributed by atoms with E-state index in [1.165, 1.54) is 6.07 Å². The second kappa shape index (κ2) is 5.76. The molecular formula is C13H9ClN2OS. The summed E-state index contributed by atoms with van der Waals surface area (Å²) in [6.07, 6.45) is 1.97. The smallest absolute Gasteiger partial charge is 0.222 e. The summed E-state index contributed by atoms with van der Waals surface area (Å²) in [4.78, 5) is 5.03. The van der Waals surface area contributed by atoms with Crippen LogP contribution in [0.3, 0.4) is 0 Å². The summed E-state index contributed by atoms with van der Waals surface area (Å²) in [6.45, 7) is 0. The molecule has 0 unspecified atom stereocenters. The molecule has 0 bridgehead atoms. The molecule has 2 aromatic rings. The van der Waals surface area contributed by atoms with Gasteiger partial charge in [-0.1, -0.05) is 23.7 Å². The maximum atomic E-state index is 8.86. The first-order chi connectivity index (χ1) is 8.72. The third kappa shape index (κ3) is 2.95. The SMILES string of the molecule is CSc1ccccc1Oc1cc(C#N)cc(Cl)n1. The zero-order valence-corrected chi connectivity index (χ0v) is 11.1. The van der Waals surface area contributed by atoms with Gasteiger partial charge in [0.25, 0.3) is 0 Å². The highest BCUT2D eigenvalue weighted by Crippen LogP contribution is 2.31. The van der Waals surface area contributed by atoms with Crippen molar-refractivity contribution < 1.29 is 4.74 Å². The monoisotopic (exact) mass is 276 g/mol. The van der Waals surface area contributed by atoms with E-state index in [0.29, 0.717) is 17.2 Å². The van der Waals surface area contributed by atoms with Crippen LogP contribution in [0.5, 0.6) is 11.6 Å². The lowest BCUT2D eigenvalue weighted by molar-refractivity contribution is 0.452. The summed E-state index contributed by atoms with van der Waals surface area (Å²) in [6, 6.07) is 12.7. The lowest BCUT2D eigenvalue weighted by Gasteiger charge is -2.08. The molecule has 0 amide bonds. The molecule has 5 heteroatoms. The van der Waals surface area contributed by atoms with Gasteiger partial charge in [0, 0.05) is 11.0 Å². The molecule has 0 aliphatic heterocycles. The number of halogens is 1. The Hall–Kier alpha value is -1.70. The first-order valence-electron chi connectivity index (χ1n) is 5.11. The molecule has 0 radical (unpaired) electrons. The molecule has 0 atom stereocenters. The Morgan fingerprint density at radius 3 is 2.83 bits per heavy atom. The van der Waals surface area contributed by atoms with E-state index in [0.717, 1.165) is 4.90 Å². The highest BCUT2D eigenvalue weighted by Gasteiger charge is 2.06. The van der Waals surface area contributed by atoms with Gasteiger partial charge in [0.05, 0.1) is 11.6 Å². The lowest BCUT2D eigenvalue weighted by Crippen LogP contribution is -1.91. The number of pyridine rings is 1. The third-order valence-corrected chi connectivity index (χ3v) is 3.15. The Bertz CT molecular complexity index is 610. The first-order valence-corrected chi connectivity index (χ1v) is 6.72. The van der Waals surface area contributed by atoms with Crippen LogP contribution in [0.4, 0.5) is 0 Å². The molecule has 1 heterocycles. The molecule has 1 aromatic heterocycles. The maximum Gasteiger partial charge on any atom is 0.222 e. The predicted molar refractivity (Wildman–Crippen MR) is 72.3 cm³/mol. The number of hydrogen-bond acceptors (Lipinski definition) is 4. The zero-order chi connectivity index (χ0) is 13.0. The summed E-state index contributed by atoms with van der Waals surface area (Å²) in [5.41, 5.74) is 0.423. The molecule has 0 spiro atoms. The molecule has 90 valence electrons. The van der Waals surface area contributed by atoms with E-state index in [9.17, 15) is 0 Å². The lowest BCUT2D eigenvalue weighted by atomic mass is 10.3. The molecule has 18 heavy (non-hydrogen) atoms. The van der Waals surface area contributed by atoms with Gasteiger partial charge in [0.1, 0.15) is 10.9 Å². The van der Waals surface area contributed by atoms with Gasteiger partial charge in [-0.3, -0.25) is 0 Å². The van der Waals surface area contributed by atoms with E-state index in [4.69, 9.17) is 21.6 Å². The predicted octanol–water partition coefficient (Wildman–Crippen LogP) is 4.12. The van der Waals surface area contributed by atoms with Crippen LogP contribution >= 0.6 is 23.4 Å². The van der Waals surface area contributed by atoms with Crippen LogP contribution < -0.4 is 4.74 Å². The summed E-state index contributed by atoms with van der Waals surface area (Å²) >= 11 is 7.40. The fourth-order valence-electron chi connectivity index (χ4n) is 1.41. The van der Waals surface area contributed by atoms with Gasteiger partial charge < -0.3 is 4.74 Å². The third-order valence-electron chi connectivity index (χ3n) is 2.18. The molecule has 3 nitrogen and oxygen atoms in total. The molecule has 0 N–H and O–H groups in total.